The Morgan fingerprint density at radius 3 is 2.81 bits per heavy atom. The largest absolute Gasteiger partial charge is 0.357 e. The van der Waals surface area contributed by atoms with Gasteiger partial charge in [-0.05, 0) is 44.7 Å². The summed E-state index contributed by atoms with van der Waals surface area (Å²) in [4.78, 5) is 26.7. The van der Waals surface area contributed by atoms with Crippen LogP contribution in [0, 0.1) is 5.92 Å². The molecule has 3 aliphatic heterocycles. The zero-order chi connectivity index (χ0) is 17.9. The van der Waals surface area contributed by atoms with E-state index in [1.165, 1.54) is 12.8 Å². The molecule has 3 aliphatic rings. The van der Waals surface area contributed by atoms with E-state index in [4.69, 9.17) is 0 Å². The Bertz CT molecular complexity index is 652. The maximum Gasteiger partial charge on any atom is 0.273 e. The zero-order valence-corrected chi connectivity index (χ0v) is 15.8. The minimum atomic E-state index is 0.0823. The van der Waals surface area contributed by atoms with E-state index in [2.05, 4.69) is 25.5 Å². The van der Waals surface area contributed by atoms with Gasteiger partial charge in [-0.1, -0.05) is 0 Å². The smallest absolute Gasteiger partial charge is 0.273 e. The van der Waals surface area contributed by atoms with Crippen LogP contribution < -0.4 is 10.6 Å². The molecule has 1 aromatic heterocycles. The molecule has 0 saturated carbocycles. The second kappa shape index (κ2) is 7.88. The zero-order valence-electron chi connectivity index (χ0n) is 15.8. The number of fused-ring (bicyclic) bond motifs is 1. The van der Waals surface area contributed by atoms with Crippen LogP contribution in [0.3, 0.4) is 0 Å². The fraction of sp³-hybridized carbons (Fsp3) is 0.737. The summed E-state index contributed by atoms with van der Waals surface area (Å²) in [5.41, 5.74) is 2.72. The van der Waals surface area contributed by atoms with E-state index in [0.717, 1.165) is 76.3 Å². The second-order valence-electron chi connectivity index (χ2n) is 7.77. The Morgan fingerprint density at radius 2 is 2.08 bits per heavy atom. The Balaban J connectivity index is 1.56. The monoisotopic (exact) mass is 358 g/mol. The maximum absolute atomic E-state index is 13.1. The molecule has 1 aromatic rings. The van der Waals surface area contributed by atoms with Crippen LogP contribution >= 0.6 is 0 Å². The molecule has 142 valence electrons. The molecular weight excluding hydrogens is 328 g/mol. The summed E-state index contributed by atoms with van der Waals surface area (Å²) in [7, 11) is 1.82. The molecule has 1 amide bonds. The van der Waals surface area contributed by atoms with Gasteiger partial charge in [0.05, 0.1) is 5.69 Å². The number of anilines is 1. The first-order valence-corrected chi connectivity index (χ1v) is 10.0. The standard InChI is InChI=1S/C19H30N6O/c1-20-19-22-16-6-10-24(12-14-5-4-7-21-11-14)13-15(16)17(23-19)18(26)25-8-2-3-9-25/h14,21H,2-13H2,1H3,(H,20,22,23). The van der Waals surface area contributed by atoms with Crippen LogP contribution in [-0.4, -0.2) is 72.0 Å². The first-order valence-electron chi connectivity index (χ1n) is 10.0. The molecule has 4 rings (SSSR count). The van der Waals surface area contributed by atoms with Crippen molar-refractivity contribution in [2.24, 2.45) is 5.92 Å². The summed E-state index contributed by atoms with van der Waals surface area (Å²) >= 11 is 0. The van der Waals surface area contributed by atoms with Crippen molar-refractivity contribution < 1.29 is 4.79 Å². The van der Waals surface area contributed by atoms with Crippen molar-refractivity contribution in [2.45, 2.75) is 38.6 Å². The summed E-state index contributed by atoms with van der Waals surface area (Å²) < 4.78 is 0. The Labute approximate surface area is 155 Å². The van der Waals surface area contributed by atoms with Crippen molar-refractivity contribution in [3.05, 3.63) is 17.0 Å². The predicted octanol–water partition coefficient (Wildman–Crippen LogP) is 1.11. The third kappa shape index (κ3) is 3.69. The molecule has 1 unspecified atom stereocenters. The van der Waals surface area contributed by atoms with E-state index >= 15 is 0 Å². The predicted molar refractivity (Wildman–Crippen MR) is 101 cm³/mol. The molecule has 0 spiro atoms. The van der Waals surface area contributed by atoms with Crippen LogP contribution in [0.25, 0.3) is 0 Å². The van der Waals surface area contributed by atoms with E-state index < -0.39 is 0 Å². The quantitative estimate of drug-likeness (QED) is 0.840. The Kier molecular flexibility index (Phi) is 5.36. The molecule has 1 atom stereocenters. The van der Waals surface area contributed by atoms with Crippen LogP contribution in [0.15, 0.2) is 0 Å². The summed E-state index contributed by atoms with van der Waals surface area (Å²) in [5, 5.41) is 6.53. The van der Waals surface area contributed by atoms with Gasteiger partial charge in [0.25, 0.3) is 5.91 Å². The molecule has 2 N–H and O–H groups in total. The second-order valence-corrected chi connectivity index (χ2v) is 7.77. The highest BCUT2D eigenvalue weighted by atomic mass is 16.2. The highest BCUT2D eigenvalue weighted by molar-refractivity contribution is 5.94. The molecule has 0 radical (unpaired) electrons. The fourth-order valence-electron chi connectivity index (χ4n) is 4.43. The number of hydrogen-bond donors (Lipinski definition) is 2. The minimum Gasteiger partial charge on any atom is -0.357 e. The molecule has 2 saturated heterocycles. The lowest BCUT2D eigenvalue weighted by Gasteiger charge is -2.34. The van der Waals surface area contributed by atoms with Crippen molar-refractivity contribution in [3.8, 4) is 0 Å². The number of nitrogens with one attached hydrogen (secondary N) is 2. The number of piperidine rings is 1. The number of carbonyl (C=O) groups excluding carboxylic acids is 1. The molecule has 0 aliphatic carbocycles. The van der Waals surface area contributed by atoms with E-state index in [0.29, 0.717) is 17.6 Å². The average molecular weight is 358 g/mol. The highest BCUT2D eigenvalue weighted by Gasteiger charge is 2.30. The Hall–Kier alpha value is -1.73. The molecule has 26 heavy (non-hydrogen) atoms. The van der Waals surface area contributed by atoms with Crippen LogP contribution in [0.5, 0.6) is 0 Å². The van der Waals surface area contributed by atoms with Gasteiger partial charge in [0.2, 0.25) is 5.95 Å². The van der Waals surface area contributed by atoms with Crippen molar-refractivity contribution in [1.29, 1.82) is 0 Å². The average Bonchev–Trinajstić information content (AvgIpc) is 3.22. The molecule has 2 fully saturated rings. The normalized spacial score (nSPS) is 23.7. The number of amides is 1. The first-order chi connectivity index (χ1) is 12.7. The lowest BCUT2D eigenvalue weighted by atomic mass is 9.96. The van der Waals surface area contributed by atoms with Crippen molar-refractivity contribution >= 4 is 11.9 Å². The van der Waals surface area contributed by atoms with Crippen molar-refractivity contribution in [2.75, 3.05) is 51.6 Å². The van der Waals surface area contributed by atoms with Gasteiger partial charge in [0.15, 0.2) is 0 Å². The highest BCUT2D eigenvalue weighted by Crippen LogP contribution is 2.25. The maximum atomic E-state index is 13.1. The molecule has 0 bridgehead atoms. The summed E-state index contributed by atoms with van der Waals surface area (Å²) in [6.45, 7) is 6.86. The molecule has 0 aromatic carbocycles. The third-order valence-corrected chi connectivity index (χ3v) is 5.87. The number of carbonyl (C=O) groups is 1. The van der Waals surface area contributed by atoms with Gasteiger partial charge < -0.3 is 15.5 Å². The number of hydrogen-bond acceptors (Lipinski definition) is 6. The van der Waals surface area contributed by atoms with E-state index in [1.807, 2.05) is 11.9 Å². The van der Waals surface area contributed by atoms with Crippen molar-refractivity contribution in [1.82, 2.24) is 25.1 Å². The summed E-state index contributed by atoms with van der Waals surface area (Å²) in [6, 6.07) is 0. The lowest BCUT2D eigenvalue weighted by Crippen LogP contribution is -2.41. The van der Waals surface area contributed by atoms with Gasteiger partial charge in [-0.25, -0.2) is 9.97 Å². The number of rotatable bonds is 4. The van der Waals surface area contributed by atoms with E-state index in [-0.39, 0.29) is 5.91 Å². The van der Waals surface area contributed by atoms with E-state index in [9.17, 15) is 4.79 Å². The fourth-order valence-corrected chi connectivity index (χ4v) is 4.43. The van der Waals surface area contributed by atoms with Crippen LogP contribution in [0.4, 0.5) is 5.95 Å². The van der Waals surface area contributed by atoms with Gasteiger partial charge >= 0.3 is 0 Å². The SMILES string of the molecule is CNc1nc2c(c(C(=O)N3CCCC3)n1)CN(CC1CCCNC1)CC2. The van der Waals surface area contributed by atoms with Crippen LogP contribution in [0.2, 0.25) is 0 Å². The summed E-state index contributed by atoms with van der Waals surface area (Å²) in [6.07, 6.45) is 5.65. The number of likely N-dealkylation sites (tertiary alicyclic amines) is 1. The van der Waals surface area contributed by atoms with Gasteiger partial charge in [-0.15, -0.1) is 0 Å². The Morgan fingerprint density at radius 1 is 1.23 bits per heavy atom. The van der Waals surface area contributed by atoms with Crippen LogP contribution in [-0.2, 0) is 13.0 Å². The van der Waals surface area contributed by atoms with Gasteiger partial charge in [-0.2, -0.15) is 0 Å². The molecule has 4 heterocycles. The number of aromatic nitrogens is 2. The molecule has 7 nitrogen and oxygen atoms in total. The van der Waals surface area contributed by atoms with Crippen LogP contribution in [0.1, 0.15) is 47.4 Å². The van der Waals surface area contributed by atoms with Crippen molar-refractivity contribution in [3.63, 3.8) is 0 Å². The molecular formula is C19H30N6O. The summed E-state index contributed by atoms with van der Waals surface area (Å²) in [5.74, 6) is 1.36. The van der Waals surface area contributed by atoms with Gasteiger partial charge in [0, 0.05) is 51.8 Å². The third-order valence-electron chi connectivity index (χ3n) is 5.87. The topological polar surface area (TPSA) is 73.4 Å². The molecule has 7 heteroatoms. The number of nitrogens with zero attached hydrogens (tertiary/aromatic N) is 4. The van der Waals surface area contributed by atoms with Gasteiger partial charge in [0.1, 0.15) is 5.69 Å². The first kappa shape index (κ1) is 17.7. The van der Waals surface area contributed by atoms with Gasteiger partial charge in [-0.3, -0.25) is 9.69 Å². The minimum absolute atomic E-state index is 0.0823. The lowest BCUT2D eigenvalue weighted by molar-refractivity contribution is 0.0782. The van der Waals surface area contributed by atoms with E-state index in [1.54, 1.807) is 0 Å².